The number of hydrogen-bond donors (Lipinski definition) is 1. The average molecular weight is 308 g/mol. The van der Waals surface area contributed by atoms with Gasteiger partial charge in [0, 0.05) is 42.9 Å². The van der Waals surface area contributed by atoms with Crippen molar-refractivity contribution < 1.29 is 4.39 Å². The number of fused-ring (bicyclic) bond motifs is 1. The Kier molecular flexibility index (Phi) is 3.54. The van der Waals surface area contributed by atoms with Crippen molar-refractivity contribution >= 4 is 16.7 Å². The third-order valence-corrected chi connectivity index (χ3v) is 3.76. The number of rotatable bonds is 2. The van der Waals surface area contributed by atoms with Crippen LogP contribution in [0.25, 0.3) is 22.0 Å². The molecule has 1 aromatic carbocycles. The minimum Gasteiger partial charge on any atom is -0.373 e. The van der Waals surface area contributed by atoms with Crippen LogP contribution in [-0.4, -0.2) is 16.6 Å². The van der Waals surface area contributed by atoms with E-state index in [1.165, 1.54) is 16.7 Å². The minimum absolute atomic E-state index is 0.126. The fourth-order valence-electron chi connectivity index (χ4n) is 2.54. The number of nitrogens with one attached hydrogen (secondary N) is 1. The standard InChI is InChI=1S/C17H13FN4O/c1-20-16-7-15-11(9-21-16)6-14(17(23)22(15)2)13-4-3-12(18)5-10(13)8-19/h3-7,9H,1-2H3,(H,20,21). The largest absolute Gasteiger partial charge is 0.373 e. The van der Waals surface area contributed by atoms with Crippen molar-refractivity contribution in [3.63, 3.8) is 0 Å². The molecule has 0 unspecified atom stereocenters. The molecule has 1 N–H and O–H groups in total. The predicted octanol–water partition coefficient (Wildman–Crippen LogP) is 2.65. The molecule has 0 amide bonds. The lowest BCUT2D eigenvalue weighted by atomic mass is 10.00. The van der Waals surface area contributed by atoms with E-state index in [1.807, 2.05) is 6.07 Å². The Morgan fingerprint density at radius 3 is 2.74 bits per heavy atom. The Hall–Kier alpha value is -3.20. The number of aromatic nitrogens is 2. The van der Waals surface area contributed by atoms with Crippen molar-refractivity contribution in [3.05, 3.63) is 58.3 Å². The summed E-state index contributed by atoms with van der Waals surface area (Å²) in [5.41, 5.74) is 1.35. The molecule has 23 heavy (non-hydrogen) atoms. The van der Waals surface area contributed by atoms with Crippen LogP contribution in [0.3, 0.4) is 0 Å². The van der Waals surface area contributed by atoms with Crippen molar-refractivity contribution in [2.24, 2.45) is 7.05 Å². The smallest absolute Gasteiger partial charge is 0.258 e. The lowest BCUT2D eigenvalue weighted by Gasteiger charge is -2.11. The van der Waals surface area contributed by atoms with Crippen LogP contribution in [0.1, 0.15) is 5.56 Å². The van der Waals surface area contributed by atoms with Crippen LogP contribution in [0.15, 0.2) is 41.3 Å². The Labute approximate surface area is 131 Å². The summed E-state index contributed by atoms with van der Waals surface area (Å²) in [6, 6.07) is 9.20. The van der Waals surface area contributed by atoms with Gasteiger partial charge in [-0.05, 0) is 24.3 Å². The first kappa shape index (κ1) is 14.7. The van der Waals surface area contributed by atoms with Gasteiger partial charge in [0.05, 0.1) is 17.1 Å². The number of hydrogen-bond acceptors (Lipinski definition) is 4. The zero-order chi connectivity index (χ0) is 16.6. The zero-order valence-electron chi connectivity index (χ0n) is 12.6. The summed E-state index contributed by atoms with van der Waals surface area (Å²) in [5, 5.41) is 12.9. The van der Waals surface area contributed by atoms with Gasteiger partial charge < -0.3 is 9.88 Å². The molecular weight excluding hydrogens is 295 g/mol. The molecule has 0 aliphatic carbocycles. The van der Waals surface area contributed by atoms with Gasteiger partial charge in [-0.3, -0.25) is 4.79 Å². The molecule has 5 nitrogen and oxygen atoms in total. The summed E-state index contributed by atoms with van der Waals surface area (Å²) in [4.78, 5) is 16.9. The second-order valence-electron chi connectivity index (χ2n) is 5.10. The minimum atomic E-state index is -0.511. The van der Waals surface area contributed by atoms with E-state index in [0.717, 1.165) is 17.0 Å². The molecule has 0 aliphatic rings. The summed E-state index contributed by atoms with van der Waals surface area (Å²) in [6.45, 7) is 0. The van der Waals surface area contributed by atoms with E-state index in [0.29, 0.717) is 16.9 Å². The van der Waals surface area contributed by atoms with Gasteiger partial charge in [-0.25, -0.2) is 9.37 Å². The molecule has 0 fully saturated rings. The third kappa shape index (κ3) is 2.42. The Morgan fingerprint density at radius 2 is 2.04 bits per heavy atom. The number of halogens is 1. The summed E-state index contributed by atoms with van der Waals surface area (Å²) in [6.07, 6.45) is 1.65. The van der Waals surface area contributed by atoms with Gasteiger partial charge in [0.1, 0.15) is 11.6 Å². The van der Waals surface area contributed by atoms with E-state index in [-0.39, 0.29) is 11.1 Å². The molecular formula is C17H13FN4O. The Balaban J connectivity index is 2.34. The van der Waals surface area contributed by atoms with E-state index in [9.17, 15) is 14.4 Å². The first-order valence-corrected chi connectivity index (χ1v) is 6.92. The summed E-state index contributed by atoms with van der Waals surface area (Å²) < 4.78 is 14.8. The van der Waals surface area contributed by atoms with Gasteiger partial charge in [0.25, 0.3) is 5.56 Å². The molecule has 0 saturated heterocycles. The highest BCUT2D eigenvalue weighted by molar-refractivity contribution is 5.86. The monoisotopic (exact) mass is 308 g/mol. The molecule has 0 bridgehead atoms. The third-order valence-electron chi connectivity index (χ3n) is 3.76. The SMILES string of the molecule is CNc1cc2c(cn1)cc(-c1ccc(F)cc1C#N)c(=O)n2C. The maximum absolute atomic E-state index is 13.3. The lowest BCUT2D eigenvalue weighted by Crippen LogP contribution is -2.19. The quantitative estimate of drug-likeness (QED) is 0.790. The lowest BCUT2D eigenvalue weighted by molar-refractivity contribution is 0.627. The van der Waals surface area contributed by atoms with E-state index in [2.05, 4.69) is 10.3 Å². The van der Waals surface area contributed by atoms with E-state index in [4.69, 9.17) is 0 Å². The number of anilines is 1. The van der Waals surface area contributed by atoms with Gasteiger partial charge in [-0.15, -0.1) is 0 Å². The maximum Gasteiger partial charge on any atom is 0.258 e. The first-order chi connectivity index (χ1) is 11.0. The summed E-state index contributed by atoms with van der Waals surface area (Å²) in [5.74, 6) is 0.142. The predicted molar refractivity (Wildman–Crippen MR) is 86.6 cm³/mol. The molecule has 0 aliphatic heterocycles. The Bertz CT molecular complexity index is 1020. The highest BCUT2D eigenvalue weighted by atomic mass is 19.1. The summed E-state index contributed by atoms with van der Waals surface area (Å²) in [7, 11) is 3.40. The number of aryl methyl sites for hydroxylation is 1. The van der Waals surface area contributed by atoms with Crippen LogP contribution in [0, 0.1) is 17.1 Å². The molecule has 3 rings (SSSR count). The van der Waals surface area contributed by atoms with Crippen molar-refractivity contribution in [2.45, 2.75) is 0 Å². The molecule has 0 saturated carbocycles. The van der Waals surface area contributed by atoms with Crippen LogP contribution in [0.4, 0.5) is 10.2 Å². The number of nitriles is 1. The van der Waals surface area contributed by atoms with Gasteiger partial charge in [-0.2, -0.15) is 5.26 Å². The highest BCUT2D eigenvalue weighted by Gasteiger charge is 2.13. The second-order valence-corrected chi connectivity index (χ2v) is 5.10. The van der Waals surface area contributed by atoms with E-state index in [1.54, 1.807) is 32.4 Å². The van der Waals surface area contributed by atoms with Crippen LogP contribution >= 0.6 is 0 Å². The van der Waals surface area contributed by atoms with E-state index < -0.39 is 5.82 Å². The number of benzene rings is 1. The van der Waals surface area contributed by atoms with Crippen molar-refractivity contribution in [2.75, 3.05) is 12.4 Å². The molecule has 6 heteroatoms. The molecule has 0 spiro atoms. The van der Waals surface area contributed by atoms with E-state index >= 15 is 0 Å². The van der Waals surface area contributed by atoms with Crippen LogP contribution < -0.4 is 10.9 Å². The fourth-order valence-corrected chi connectivity index (χ4v) is 2.54. The molecule has 3 aromatic rings. The van der Waals surface area contributed by atoms with Crippen molar-refractivity contribution in [1.82, 2.24) is 9.55 Å². The normalized spacial score (nSPS) is 10.5. The van der Waals surface area contributed by atoms with Crippen LogP contribution in [0.5, 0.6) is 0 Å². The first-order valence-electron chi connectivity index (χ1n) is 6.92. The van der Waals surface area contributed by atoms with Crippen molar-refractivity contribution in [3.8, 4) is 17.2 Å². The number of pyridine rings is 2. The topological polar surface area (TPSA) is 70.7 Å². The molecule has 0 atom stereocenters. The maximum atomic E-state index is 13.3. The number of nitrogens with zero attached hydrogens (tertiary/aromatic N) is 3. The van der Waals surface area contributed by atoms with Gasteiger partial charge >= 0.3 is 0 Å². The van der Waals surface area contributed by atoms with Crippen LogP contribution in [-0.2, 0) is 7.05 Å². The van der Waals surface area contributed by atoms with Gasteiger partial charge in [-0.1, -0.05) is 0 Å². The zero-order valence-corrected chi connectivity index (χ0v) is 12.6. The van der Waals surface area contributed by atoms with Gasteiger partial charge in [0.15, 0.2) is 0 Å². The summed E-state index contributed by atoms with van der Waals surface area (Å²) >= 11 is 0. The molecule has 0 radical (unpaired) electrons. The van der Waals surface area contributed by atoms with Crippen LogP contribution in [0.2, 0.25) is 0 Å². The molecule has 114 valence electrons. The Morgan fingerprint density at radius 1 is 1.26 bits per heavy atom. The van der Waals surface area contributed by atoms with Gasteiger partial charge in [0.2, 0.25) is 0 Å². The molecule has 2 aromatic heterocycles. The fraction of sp³-hybridized carbons (Fsp3) is 0.118. The highest BCUT2D eigenvalue weighted by Crippen LogP contribution is 2.25. The molecule has 2 heterocycles. The van der Waals surface area contributed by atoms with Crippen molar-refractivity contribution in [1.29, 1.82) is 5.26 Å². The second kappa shape index (κ2) is 5.54. The average Bonchev–Trinajstić information content (AvgIpc) is 2.58.